The first-order valence-electron chi connectivity index (χ1n) is 9.59. The topological polar surface area (TPSA) is 74.3 Å². The zero-order chi connectivity index (χ0) is 19.1. The lowest BCUT2D eigenvalue weighted by molar-refractivity contribution is 0.0948. The second kappa shape index (κ2) is 9.16. The van der Waals surface area contributed by atoms with Gasteiger partial charge in [-0.15, -0.1) is 0 Å². The monoisotopic (exact) mass is 366 g/mol. The number of nitrogens with zero attached hydrogens (tertiary/aromatic N) is 2. The summed E-state index contributed by atoms with van der Waals surface area (Å²) in [5.74, 6) is -0.594. The molecule has 142 valence electrons. The summed E-state index contributed by atoms with van der Waals surface area (Å²) in [6, 6.07) is 12.7. The lowest BCUT2D eigenvalue weighted by Gasteiger charge is -2.28. The van der Waals surface area contributed by atoms with Crippen LogP contribution in [0.5, 0.6) is 0 Å². The molecule has 0 atom stereocenters. The zero-order valence-corrected chi connectivity index (χ0v) is 15.7. The third-order valence-electron chi connectivity index (χ3n) is 4.60. The van der Waals surface area contributed by atoms with Crippen LogP contribution in [0.2, 0.25) is 0 Å². The summed E-state index contributed by atoms with van der Waals surface area (Å²) in [5, 5.41) is 5.61. The van der Waals surface area contributed by atoms with Crippen molar-refractivity contribution in [3.05, 3.63) is 53.9 Å². The summed E-state index contributed by atoms with van der Waals surface area (Å²) >= 11 is 0. The van der Waals surface area contributed by atoms with Crippen molar-refractivity contribution in [2.75, 3.05) is 29.9 Å². The first-order valence-corrected chi connectivity index (χ1v) is 9.59. The Balaban J connectivity index is 1.63. The summed E-state index contributed by atoms with van der Waals surface area (Å²) in [4.78, 5) is 31.0. The molecule has 1 aromatic carbocycles. The fourth-order valence-corrected chi connectivity index (χ4v) is 3.12. The largest absolute Gasteiger partial charge is 0.372 e. The smallest absolute Gasteiger partial charge is 0.274 e. The average Bonchev–Trinajstić information content (AvgIpc) is 2.73. The number of piperidine rings is 1. The van der Waals surface area contributed by atoms with Crippen molar-refractivity contribution < 1.29 is 9.59 Å². The molecule has 1 aliphatic heterocycles. The van der Waals surface area contributed by atoms with Crippen LogP contribution in [0.15, 0.2) is 42.5 Å². The van der Waals surface area contributed by atoms with Gasteiger partial charge in [0.1, 0.15) is 11.4 Å². The van der Waals surface area contributed by atoms with Gasteiger partial charge in [0.25, 0.3) is 11.8 Å². The third-order valence-corrected chi connectivity index (χ3v) is 4.60. The Morgan fingerprint density at radius 1 is 0.963 bits per heavy atom. The van der Waals surface area contributed by atoms with Crippen molar-refractivity contribution in [1.82, 2.24) is 10.3 Å². The molecule has 2 amide bonds. The molecule has 0 radical (unpaired) electrons. The van der Waals surface area contributed by atoms with Crippen molar-refractivity contribution in [2.24, 2.45) is 0 Å². The minimum atomic E-state index is -0.328. The van der Waals surface area contributed by atoms with Gasteiger partial charge in [-0.05, 0) is 62.1 Å². The second-order valence-corrected chi connectivity index (χ2v) is 6.71. The quantitative estimate of drug-likeness (QED) is 0.821. The van der Waals surface area contributed by atoms with Gasteiger partial charge in [-0.2, -0.15) is 0 Å². The lowest BCUT2D eigenvalue weighted by Crippen LogP contribution is -2.29. The number of pyridine rings is 1. The van der Waals surface area contributed by atoms with Gasteiger partial charge in [-0.1, -0.05) is 13.0 Å². The number of carbonyl (C=O) groups excluding carboxylic acids is 2. The van der Waals surface area contributed by atoms with Crippen LogP contribution in [0.25, 0.3) is 0 Å². The molecule has 2 heterocycles. The Morgan fingerprint density at radius 3 is 2.30 bits per heavy atom. The Hall–Kier alpha value is -2.89. The lowest BCUT2D eigenvalue weighted by atomic mass is 10.1. The van der Waals surface area contributed by atoms with E-state index in [0.717, 1.165) is 19.5 Å². The number of amides is 2. The Labute approximate surface area is 160 Å². The normalized spacial score (nSPS) is 13.9. The molecule has 0 saturated carbocycles. The van der Waals surface area contributed by atoms with Crippen molar-refractivity contribution in [3.63, 3.8) is 0 Å². The van der Waals surface area contributed by atoms with Crippen molar-refractivity contribution >= 4 is 23.2 Å². The molecule has 6 nitrogen and oxygen atoms in total. The van der Waals surface area contributed by atoms with Crippen LogP contribution < -0.4 is 15.5 Å². The van der Waals surface area contributed by atoms with Gasteiger partial charge >= 0.3 is 0 Å². The Bertz CT molecular complexity index is 783. The van der Waals surface area contributed by atoms with Gasteiger partial charge in [0, 0.05) is 31.0 Å². The van der Waals surface area contributed by atoms with Crippen LogP contribution in [0.3, 0.4) is 0 Å². The highest BCUT2D eigenvalue weighted by atomic mass is 16.2. The highest BCUT2D eigenvalue weighted by Gasteiger charge is 2.13. The van der Waals surface area contributed by atoms with Gasteiger partial charge in [0.15, 0.2) is 0 Å². The van der Waals surface area contributed by atoms with Crippen LogP contribution in [-0.4, -0.2) is 36.4 Å². The highest BCUT2D eigenvalue weighted by Crippen LogP contribution is 2.22. The van der Waals surface area contributed by atoms with Gasteiger partial charge in [-0.3, -0.25) is 9.59 Å². The molecule has 0 spiro atoms. The molecule has 3 rings (SSSR count). The van der Waals surface area contributed by atoms with E-state index in [1.54, 1.807) is 18.2 Å². The van der Waals surface area contributed by atoms with E-state index in [0.29, 0.717) is 12.2 Å². The third kappa shape index (κ3) is 5.06. The van der Waals surface area contributed by atoms with Crippen LogP contribution in [0, 0.1) is 0 Å². The molecule has 1 aromatic heterocycles. The molecule has 1 aliphatic rings. The number of nitrogens with one attached hydrogen (secondary N) is 2. The van der Waals surface area contributed by atoms with Crippen LogP contribution in [0.1, 0.15) is 53.6 Å². The van der Waals surface area contributed by atoms with Crippen LogP contribution >= 0.6 is 0 Å². The van der Waals surface area contributed by atoms with Crippen molar-refractivity contribution in [3.8, 4) is 0 Å². The number of benzene rings is 1. The maximum absolute atomic E-state index is 12.5. The number of carbonyl (C=O) groups is 2. The molecule has 1 saturated heterocycles. The molecule has 0 bridgehead atoms. The van der Waals surface area contributed by atoms with E-state index in [1.165, 1.54) is 24.9 Å². The maximum Gasteiger partial charge on any atom is 0.274 e. The second-order valence-electron chi connectivity index (χ2n) is 6.71. The average molecular weight is 366 g/mol. The fourth-order valence-electron chi connectivity index (χ4n) is 3.12. The molecule has 0 aliphatic carbocycles. The van der Waals surface area contributed by atoms with Crippen LogP contribution in [-0.2, 0) is 0 Å². The summed E-state index contributed by atoms with van der Waals surface area (Å²) in [7, 11) is 0. The van der Waals surface area contributed by atoms with E-state index in [2.05, 4.69) is 20.5 Å². The molecular formula is C21H26N4O2. The van der Waals surface area contributed by atoms with E-state index in [9.17, 15) is 9.59 Å². The van der Waals surface area contributed by atoms with Gasteiger partial charge < -0.3 is 15.5 Å². The molecular weight excluding hydrogens is 340 g/mol. The fraction of sp³-hybridized carbons (Fsp3) is 0.381. The van der Waals surface area contributed by atoms with Crippen molar-refractivity contribution in [1.29, 1.82) is 0 Å². The van der Waals surface area contributed by atoms with Gasteiger partial charge in [-0.25, -0.2) is 4.98 Å². The Kier molecular flexibility index (Phi) is 6.41. The Morgan fingerprint density at radius 2 is 1.63 bits per heavy atom. The highest BCUT2D eigenvalue weighted by molar-refractivity contribution is 6.03. The maximum atomic E-state index is 12.5. The van der Waals surface area contributed by atoms with E-state index in [1.807, 2.05) is 31.2 Å². The predicted octanol–water partition coefficient (Wildman–Crippen LogP) is 3.46. The molecule has 27 heavy (non-hydrogen) atoms. The van der Waals surface area contributed by atoms with E-state index in [4.69, 9.17) is 0 Å². The first kappa shape index (κ1) is 18.9. The van der Waals surface area contributed by atoms with Crippen molar-refractivity contribution in [2.45, 2.75) is 32.6 Å². The first-order chi connectivity index (χ1) is 13.2. The van der Waals surface area contributed by atoms with Gasteiger partial charge in [0.2, 0.25) is 0 Å². The standard InChI is InChI=1S/C21H26N4O2/c1-2-13-22-20(26)18-7-6-8-19(24-18)21(27)23-16-9-11-17(12-10-16)25-14-4-3-5-15-25/h6-12H,2-5,13-15H2,1H3,(H,22,26)(H,23,27). The zero-order valence-electron chi connectivity index (χ0n) is 15.7. The molecule has 1 fully saturated rings. The summed E-state index contributed by atoms with van der Waals surface area (Å²) < 4.78 is 0. The molecule has 6 heteroatoms. The molecule has 2 aromatic rings. The number of hydrogen-bond donors (Lipinski definition) is 2. The summed E-state index contributed by atoms with van der Waals surface area (Å²) in [5.41, 5.74) is 2.36. The van der Waals surface area contributed by atoms with E-state index >= 15 is 0 Å². The summed E-state index contributed by atoms with van der Waals surface area (Å²) in [6.07, 6.45) is 4.60. The number of aromatic nitrogens is 1. The summed E-state index contributed by atoms with van der Waals surface area (Å²) in [6.45, 7) is 4.74. The minimum absolute atomic E-state index is 0.222. The molecule has 0 unspecified atom stereocenters. The number of rotatable bonds is 6. The molecule has 2 N–H and O–H groups in total. The predicted molar refractivity (Wildman–Crippen MR) is 107 cm³/mol. The minimum Gasteiger partial charge on any atom is -0.372 e. The SMILES string of the molecule is CCCNC(=O)c1cccc(C(=O)Nc2ccc(N3CCCCC3)cc2)n1. The number of anilines is 2. The van der Waals surface area contributed by atoms with Gasteiger partial charge in [0.05, 0.1) is 0 Å². The number of hydrogen-bond acceptors (Lipinski definition) is 4. The van der Waals surface area contributed by atoms with E-state index < -0.39 is 0 Å². The van der Waals surface area contributed by atoms with E-state index in [-0.39, 0.29) is 23.2 Å². The van der Waals surface area contributed by atoms with Crippen LogP contribution in [0.4, 0.5) is 11.4 Å².